The normalized spacial score (nSPS) is 12.2. The van der Waals surface area contributed by atoms with E-state index in [2.05, 4.69) is 0 Å². The second-order valence-corrected chi connectivity index (χ2v) is 3.55. The molecule has 1 aromatic rings. The first kappa shape index (κ1) is 11.3. The van der Waals surface area contributed by atoms with Crippen LogP contribution < -0.4 is 0 Å². The Kier molecular flexibility index (Phi) is 4.23. The highest BCUT2D eigenvalue weighted by Gasteiger charge is 2.12. The first-order chi connectivity index (χ1) is 6.63. The number of benzene rings is 1. The van der Waals surface area contributed by atoms with Gasteiger partial charge in [0.25, 0.3) is 0 Å². The lowest BCUT2D eigenvalue weighted by atomic mass is 10.1. The van der Waals surface area contributed by atoms with Crippen molar-refractivity contribution in [3.05, 3.63) is 34.9 Å². The lowest BCUT2D eigenvalue weighted by Gasteiger charge is -2.14. The lowest BCUT2D eigenvalue weighted by Crippen LogP contribution is -2.09. The van der Waals surface area contributed by atoms with Crippen molar-refractivity contribution >= 4 is 29.2 Å². The van der Waals surface area contributed by atoms with E-state index >= 15 is 0 Å². The lowest BCUT2D eigenvalue weighted by molar-refractivity contribution is -0.145. The molecule has 0 aliphatic rings. The Hall–Kier alpha value is -0.730. The molecule has 0 saturated carbocycles. The molecule has 2 nitrogen and oxygen atoms in total. The quantitative estimate of drug-likeness (QED) is 0.592. The van der Waals surface area contributed by atoms with E-state index in [-0.39, 0.29) is 11.8 Å². The molecule has 1 rings (SSSR count). The number of ether oxygens (including phenoxy) is 1. The maximum atomic E-state index is 10.7. The molecule has 0 aliphatic carbocycles. The highest BCUT2D eigenvalue weighted by molar-refractivity contribution is 6.30. The summed E-state index contributed by atoms with van der Waals surface area (Å²) in [5, 5.41) is 0.643. The van der Waals surface area contributed by atoms with Gasteiger partial charge in [0.2, 0.25) is 0 Å². The Labute approximate surface area is 92.8 Å². The standard InChI is InChI=1S/C10H10Cl2O2/c1-7(13)14-10(6-11)8-2-4-9(12)5-3-8/h2-5,10H,6H2,1H3. The fourth-order valence-electron chi connectivity index (χ4n) is 1.07. The Morgan fingerprint density at radius 2 is 2.00 bits per heavy atom. The van der Waals surface area contributed by atoms with E-state index in [1.54, 1.807) is 24.3 Å². The van der Waals surface area contributed by atoms with Crippen LogP contribution in [0, 0.1) is 0 Å². The second kappa shape index (κ2) is 5.23. The molecule has 0 spiro atoms. The number of halogens is 2. The predicted octanol–water partition coefficient (Wildman–Crippen LogP) is 3.18. The smallest absolute Gasteiger partial charge is 0.303 e. The third-order valence-corrected chi connectivity index (χ3v) is 2.22. The number of hydrogen-bond donors (Lipinski definition) is 0. The minimum Gasteiger partial charge on any atom is -0.456 e. The molecule has 4 heteroatoms. The van der Waals surface area contributed by atoms with Gasteiger partial charge >= 0.3 is 5.97 Å². The third-order valence-electron chi connectivity index (χ3n) is 1.69. The van der Waals surface area contributed by atoms with E-state index in [1.807, 2.05) is 0 Å². The Balaban J connectivity index is 2.78. The van der Waals surface area contributed by atoms with Gasteiger partial charge < -0.3 is 4.74 Å². The third kappa shape index (κ3) is 3.20. The van der Waals surface area contributed by atoms with Crippen molar-refractivity contribution in [2.24, 2.45) is 0 Å². The molecule has 76 valence electrons. The van der Waals surface area contributed by atoms with Crippen LogP contribution in [-0.4, -0.2) is 11.8 Å². The topological polar surface area (TPSA) is 26.3 Å². The molecule has 1 unspecified atom stereocenters. The molecule has 0 fully saturated rings. The van der Waals surface area contributed by atoms with Gasteiger partial charge in [-0.1, -0.05) is 23.7 Å². The summed E-state index contributed by atoms with van der Waals surface area (Å²) >= 11 is 11.4. The van der Waals surface area contributed by atoms with Crippen molar-refractivity contribution in [1.82, 2.24) is 0 Å². The van der Waals surface area contributed by atoms with Gasteiger partial charge in [0.1, 0.15) is 6.10 Å². The highest BCUT2D eigenvalue weighted by atomic mass is 35.5. The summed E-state index contributed by atoms with van der Waals surface area (Å²) in [4.78, 5) is 10.7. The van der Waals surface area contributed by atoms with Crippen LogP contribution in [0.15, 0.2) is 24.3 Å². The molecule has 14 heavy (non-hydrogen) atoms. The van der Waals surface area contributed by atoms with Crippen LogP contribution in [0.2, 0.25) is 5.02 Å². The molecule has 0 amide bonds. The van der Waals surface area contributed by atoms with Gasteiger partial charge in [0.05, 0.1) is 5.88 Å². The maximum Gasteiger partial charge on any atom is 0.303 e. The molecular weight excluding hydrogens is 223 g/mol. The molecule has 0 aromatic heterocycles. The van der Waals surface area contributed by atoms with Crippen LogP contribution in [0.5, 0.6) is 0 Å². The van der Waals surface area contributed by atoms with Gasteiger partial charge in [0.15, 0.2) is 0 Å². The van der Waals surface area contributed by atoms with Crippen molar-refractivity contribution in [1.29, 1.82) is 0 Å². The molecule has 0 heterocycles. The number of carbonyl (C=O) groups excluding carboxylic acids is 1. The van der Waals surface area contributed by atoms with E-state index in [0.29, 0.717) is 5.02 Å². The van der Waals surface area contributed by atoms with Crippen molar-refractivity contribution in [3.63, 3.8) is 0 Å². The van der Waals surface area contributed by atoms with Crippen LogP contribution in [0.1, 0.15) is 18.6 Å². The van der Waals surface area contributed by atoms with E-state index in [1.165, 1.54) is 6.92 Å². The summed E-state index contributed by atoms with van der Waals surface area (Å²) in [6.07, 6.45) is -0.397. The van der Waals surface area contributed by atoms with Crippen molar-refractivity contribution in [2.45, 2.75) is 13.0 Å². The molecule has 0 radical (unpaired) electrons. The average Bonchev–Trinajstić information content (AvgIpc) is 2.15. The minimum atomic E-state index is -0.397. The average molecular weight is 233 g/mol. The van der Waals surface area contributed by atoms with E-state index in [4.69, 9.17) is 27.9 Å². The van der Waals surface area contributed by atoms with Gasteiger partial charge in [-0.05, 0) is 17.7 Å². The Morgan fingerprint density at radius 1 is 1.43 bits per heavy atom. The SMILES string of the molecule is CC(=O)OC(CCl)c1ccc(Cl)cc1. The largest absolute Gasteiger partial charge is 0.456 e. The molecule has 0 aliphatic heterocycles. The molecule has 0 saturated heterocycles. The summed E-state index contributed by atoms with van der Waals surface area (Å²) in [7, 11) is 0. The van der Waals surface area contributed by atoms with Crippen LogP contribution in [0.3, 0.4) is 0 Å². The monoisotopic (exact) mass is 232 g/mol. The summed E-state index contributed by atoms with van der Waals surface area (Å²) in [6.45, 7) is 1.36. The maximum absolute atomic E-state index is 10.7. The van der Waals surface area contributed by atoms with Crippen LogP contribution in [0.25, 0.3) is 0 Å². The molecule has 1 atom stereocenters. The molecule has 1 aromatic carbocycles. The molecular formula is C10H10Cl2O2. The first-order valence-corrected chi connectivity index (χ1v) is 5.03. The van der Waals surface area contributed by atoms with E-state index in [0.717, 1.165) is 5.56 Å². The van der Waals surface area contributed by atoms with Crippen LogP contribution in [0.4, 0.5) is 0 Å². The molecule has 0 N–H and O–H groups in total. The Morgan fingerprint density at radius 3 is 2.43 bits per heavy atom. The van der Waals surface area contributed by atoms with Gasteiger partial charge in [-0.3, -0.25) is 4.79 Å². The minimum absolute atomic E-state index is 0.237. The number of alkyl halides is 1. The van der Waals surface area contributed by atoms with Crippen molar-refractivity contribution in [2.75, 3.05) is 5.88 Å². The van der Waals surface area contributed by atoms with Crippen LogP contribution in [-0.2, 0) is 9.53 Å². The number of esters is 1. The predicted molar refractivity (Wildman–Crippen MR) is 56.7 cm³/mol. The zero-order valence-corrected chi connectivity index (χ0v) is 9.18. The van der Waals surface area contributed by atoms with Gasteiger partial charge in [-0.15, -0.1) is 11.6 Å². The van der Waals surface area contributed by atoms with Crippen molar-refractivity contribution < 1.29 is 9.53 Å². The summed E-state index contributed by atoms with van der Waals surface area (Å²) in [5.74, 6) is -0.105. The van der Waals surface area contributed by atoms with E-state index < -0.39 is 6.10 Å². The second-order valence-electron chi connectivity index (χ2n) is 2.80. The molecule has 0 bridgehead atoms. The zero-order valence-electron chi connectivity index (χ0n) is 7.67. The number of rotatable bonds is 3. The summed E-state index contributed by atoms with van der Waals surface area (Å²) in [6, 6.07) is 7.05. The van der Waals surface area contributed by atoms with Crippen molar-refractivity contribution in [3.8, 4) is 0 Å². The number of hydrogen-bond acceptors (Lipinski definition) is 2. The Bertz CT molecular complexity index is 308. The van der Waals surface area contributed by atoms with Gasteiger partial charge in [-0.2, -0.15) is 0 Å². The first-order valence-electron chi connectivity index (χ1n) is 4.12. The number of carbonyl (C=O) groups is 1. The van der Waals surface area contributed by atoms with Crippen LogP contribution >= 0.6 is 23.2 Å². The van der Waals surface area contributed by atoms with Gasteiger partial charge in [-0.25, -0.2) is 0 Å². The fraction of sp³-hybridized carbons (Fsp3) is 0.300. The summed E-state index contributed by atoms with van der Waals surface area (Å²) < 4.78 is 5.01. The zero-order chi connectivity index (χ0) is 10.6. The summed E-state index contributed by atoms with van der Waals surface area (Å²) in [5.41, 5.74) is 0.847. The fourth-order valence-corrected chi connectivity index (χ4v) is 1.43. The van der Waals surface area contributed by atoms with Gasteiger partial charge in [0, 0.05) is 11.9 Å². The highest BCUT2D eigenvalue weighted by Crippen LogP contribution is 2.21. The van der Waals surface area contributed by atoms with E-state index in [9.17, 15) is 4.79 Å².